The fourth-order valence-corrected chi connectivity index (χ4v) is 3.74. The second-order valence-corrected chi connectivity index (χ2v) is 6.69. The van der Waals surface area contributed by atoms with Crippen LogP contribution in [0, 0.1) is 0 Å². The summed E-state index contributed by atoms with van der Waals surface area (Å²) in [4.78, 5) is 12.6. The second kappa shape index (κ2) is 5.78. The van der Waals surface area contributed by atoms with Crippen molar-refractivity contribution in [3.63, 3.8) is 0 Å². The van der Waals surface area contributed by atoms with E-state index in [1.165, 1.54) is 11.1 Å². The molecule has 1 unspecified atom stereocenters. The summed E-state index contributed by atoms with van der Waals surface area (Å²) in [5.74, 6) is -0.0201. The van der Waals surface area contributed by atoms with Gasteiger partial charge in [0.25, 0.3) is 0 Å². The number of rotatable bonds is 3. The van der Waals surface area contributed by atoms with Gasteiger partial charge in [0.15, 0.2) is 5.58 Å². The predicted molar refractivity (Wildman–Crippen MR) is 92.6 cm³/mol. The monoisotopic (exact) mass is 320 g/mol. The Hall–Kier alpha value is -2.62. The lowest BCUT2D eigenvalue weighted by Gasteiger charge is -2.36. The smallest absolute Gasteiger partial charge is 0.226 e. The fraction of sp³-hybridized carbons (Fsp3) is 0.300. The Morgan fingerprint density at radius 3 is 2.92 bits per heavy atom. The van der Waals surface area contributed by atoms with E-state index < -0.39 is 0 Å². The van der Waals surface area contributed by atoms with Crippen molar-refractivity contribution in [3.8, 4) is 0 Å². The molecule has 1 N–H and O–H groups in total. The standard InChI is InChI=1S/C20H20N2O2/c1-20(12-6-8-14-7-2-4-10-16(14)20)21-19(23)13-17-15-9-3-5-11-18(15)24-22-17/h2-5,7,9-11H,6,8,12-13H2,1H3,(H,21,23). The normalized spacial score (nSPS) is 19.9. The van der Waals surface area contributed by atoms with E-state index in [0.29, 0.717) is 5.69 Å². The molecule has 122 valence electrons. The summed E-state index contributed by atoms with van der Waals surface area (Å²) in [5.41, 5.74) is 3.66. The van der Waals surface area contributed by atoms with Gasteiger partial charge in [0, 0.05) is 5.39 Å². The van der Waals surface area contributed by atoms with Gasteiger partial charge in [0.05, 0.1) is 12.0 Å². The average molecular weight is 320 g/mol. The molecule has 1 aliphatic carbocycles. The number of aryl methyl sites for hydroxylation is 1. The van der Waals surface area contributed by atoms with Crippen LogP contribution in [-0.2, 0) is 23.2 Å². The van der Waals surface area contributed by atoms with E-state index in [0.717, 1.165) is 30.2 Å². The molecule has 3 aromatic rings. The highest BCUT2D eigenvalue weighted by molar-refractivity contribution is 5.86. The number of fused-ring (bicyclic) bond motifs is 2. The zero-order valence-corrected chi connectivity index (χ0v) is 13.7. The molecule has 4 rings (SSSR count). The van der Waals surface area contributed by atoms with Crippen LogP contribution >= 0.6 is 0 Å². The Morgan fingerprint density at radius 1 is 1.21 bits per heavy atom. The quantitative estimate of drug-likeness (QED) is 0.800. The lowest BCUT2D eigenvalue weighted by Crippen LogP contribution is -2.46. The summed E-state index contributed by atoms with van der Waals surface area (Å²) in [5, 5.41) is 8.20. The van der Waals surface area contributed by atoms with Crippen LogP contribution in [0.1, 0.15) is 36.6 Å². The van der Waals surface area contributed by atoms with Crippen LogP contribution < -0.4 is 5.32 Å². The maximum atomic E-state index is 12.6. The van der Waals surface area contributed by atoms with Crippen LogP contribution in [-0.4, -0.2) is 11.1 Å². The van der Waals surface area contributed by atoms with E-state index in [1.807, 2.05) is 30.3 Å². The maximum absolute atomic E-state index is 12.6. The third-order valence-corrected chi connectivity index (χ3v) is 4.93. The molecule has 0 spiro atoms. The molecule has 0 saturated heterocycles. The van der Waals surface area contributed by atoms with E-state index in [1.54, 1.807) is 0 Å². The SMILES string of the molecule is CC1(NC(=O)Cc2noc3ccccc23)CCCc2ccccc21. The molecule has 1 heterocycles. The van der Waals surface area contributed by atoms with Gasteiger partial charge < -0.3 is 9.84 Å². The third kappa shape index (κ3) is 2.58. The van der Waals surface area contributed by atoms with Gasteiger partial charge in [-0.05, 0) is 49.4 Å². The van der Waals surface area contributed by atoms with Gasteiger partial charge in [-0.2, -0.15) is 0 Å². The summed E-state index contributed by atoms with van der Waals surface area (Å²) in [6.07, 6.45) is 3.35. The molecule has 0 radical (unpaired) electrons. The van der Waals surface area contributed by atoms with Crippen LogP contribution in [0.4, 0.5) is 0 Å². The van der Waals surface area contributed by atoms with Crippen LogP contribution in [0.25, 0.3) is 11.0 Å². The second-order valence-electron chi connectivity index (χ2n) is 6.69. The Labute approximate surface area is 140 Å². The molecule has 1 atom stereocenters. The Balaban J connectivity index is 1.56. The highest BCUT2D eigenvalue weighted by atomic mass is 16.5. The van der Waals surface area contributed by atoms with E-state index >= 15 is 0 Å². The topological polar surface area (TPSA) is 55.1 Å². The van der Waals surface area contributed by atoms with Crippen molar-refractivity contribution in [2.24, 2.45) is 0 Å². The molecule has 2 aromatic carbocycles. The van der Waals surface area contributed by atoms with Crippen LogP contribution in [0.15, 0.2) is 53.1 Å². The lowest BCUT2D eigenvalue weighted by atomic mass is 9.77. The number of hydrogen-bond donors (Lipinski definition) is 1. The molecule has 0 aliphatic heterocycles. The van der Waals surface area contributed by atoms with Gasteiger partial charge >= 0.3 is 0 Å². The summed E-state index contributed by atoms with van der Waals surface area (Å²) in [6, 6.07) is 16.0. The summed E-state index contributed by atoms with van der Waals surface area (Å²) in [7, 11) is 0. The van der Waals surface area contributed by atoms with Gasteiger partial charge in [0.1, 0.15) is 5.69 Å². The third-order valence-electron chi connectivity index (χ3n) is 4.93. The minimum atomic E-state index is -0.314. The molecule has 0 bridgehead atoms. The predicted octanol–water partition coefficient (Wildman–Crippen LogP) is 3.74. The summed E-state index contributed by atoms with van der Waals surface area (Å²) in [6.45, 7) is 2.11. The fourth-order valence-electron chi connectivity index (χ4n) is 3.74. The maximum Gasteiger partial charge on any atom is 0.226 e. The Kier molecular flexibility index (Phi) is 3.60. The first-order valence-corrected chi connectivity index (χ1v) is 8.38. The molecule has 4 heteroatoms. The van der Waals surface area contributed by atoms with Crippen LogP contribution in [0.2, 0.25) is 0 Å². The molecule has 0 fully saturated rings. The highest BCUT2D eigenvalue weighted by Crippen LogP contribution is 2.35. The molecule has 4 nitrogen and oxygen atoms in total. The first kappa shape index (κ1) is 14.9. The number of benzene rings is 2. The van der Waals surface area contributed by atoms with Gasteiger partial charge in [-0.3, -0.25) is 4.79 Å². The summed E-state index contributed by atoms with van der Waals surface area (Å²) < 4.78 is 5.29. The first-order valence-electron chi connectivity index (χ1n) is 8.38. The van der Waals surface area contributed by atoms with Crippen molar-refractivity contribution < 1.29 is 9.32 Å². The molecule has 24 heavy (non-hydrogen) atoms. The number of nitrogens with one attached hydrogen (secondary N) is 1. The number of carbonyl (C=O) groups excluding carboxylic acids is 1. The van der Waals surface area contributed by atoms with Gasteiger partial charge in [-0.25, -0.2) is 0 Å². The highest BCUT2D eigenvalue weighted by Gasteiger charge is 2.33. The Morgan fingerprint density at radius 2 is 2.00 bits per heavy atom. The van der Waals surface area contributed by atoms with Crippen molar-refractivity contribution >= 4 is 16.9 Å². The minimum absolute atomic E-state index is 0.0201. The van der Waals surface area contributed by atoms with Gasteiger partial charge in [-0.1, -0.05) is 41.6 Å². The van der Waals surface area contributed by atoms with E-state index in [4.69, 9.17) is 4.52 Å². The largest absolute Gasteiger partial charge is 0.356 e. The first-order chi connectivity index (χ1) is 11.7. The number of para-hydroxylation sites is 1. The number of aromatic nitrogens is 1. The molecular weight excluding hydrogens is 300 g/mol. The van der Waals surface area contributed by atoms with E-state index in [2.05, 4.69) is 35.6 Å². The molecular formula is C20H20N2O2. The number of carbonyl (C=O) groups is 1. The number of nitrogens with zero attached hydrogens (tertiary/aromatic N) is 1. The van der Waals surface area contributed by atoms with Crippen molar-refractivity contribution in [3.05, 3.63) is 65.4 Å². The zero-order valence-electron chi connectivity index (χ0n) is 13.7. The molecule has 1 aliphatic rings. The van der Waals surface area contributed by atoms with Crippen molar-refractivity contribution in [1.82, 2.24) is 10.5 Å². The van der Waals surface area contributed by atoms with E-state index in [-0.39, 0.29) is 17.9 Å². The lowest BCUT2D eigenvalue weighted by molar-refractivity contribution is -0.122. The summed E-state index contributed by atoms with van der Waals surface area (Å²) >= 11 is 0. The van der Waals surface area contributed by atoms with E-state index in [9.17, 15) is 4.79 Å². The average Bonchev–Trinajstić information content (AvgIpc) is 2.98. The molecule has 0 saturated carbocycles. The van der Waals surface area contributed by atoms with Crippen LogP contribution in [0.3, 0.4) is 0 Å². The van der Waals surface area contributed by atoms with Crippen molar-refractivity contribution in [2.45, 2.75) is 38.1 Å². The molecule has 1 aromatic heterocycles. The Bertz CT molecular complexity index is 899. The van der Waals surface area contributed by atoms with Crippen LogP contribution in [0.5, 0.6) is 0 Å². The number of amides is 1. The van der Waals surface area contributed by atoms with Gasteiger partial charge in [-0.15, -0.1) is 0 Å². The number of hydrogen-bond acceptors (Lipinski definition) is 3. The minimum Gasteiger partial charge on any atom is -0.356 e. The molecule has 1 amide bonds. The zero-order chi connectivity index (χ0) is 16.6. The van der Waals surface area contributed by atoms with Crippen molar-refractivity contribution in [2.75, 3.05) is 0 Å². The van der Waals surface area contributed by atoms with Gasteiger partial charge in [0.2, 0.25) is 5.91 Å². The van der Waals surface area contributed by atoms with Crippen molar-refractivity contribution in [1.29, 1.82) is 0 Å².